The molecule has 0 bridgehead atoms. The highest BCUT2D eigenvalue weighted by atomic mass is 32.1. The largest absolute Gasteiger partial charge is 0.476 e. The molecule has 0 saturated heterocycles. The fourth-order valence-corrected chi connectivity index (χ4v) is 3.67. The van der Waals surface area contributed by atoms with Crippen LogP contribution in [0, 0.1) is 0 Å². The number of benzene rings is 1. The van der Waals surface area contributed by atoms with E-state index in [0.717, 1.165) is 28.3 Å². The van der Waals surface area contributed by atoms with E-state index in [9.17, 15) is 9.90 Å². The summed E-state index contributed by atoms with van der Waals surface area (Å²) in [7, 11) is 0. The van der Waals surface area contributed by atoms with Gasteiger partial charge in [0.05, 0.1) is 9.88 Å². The van der Waals surface area contributed by atoms with Crippen LogP contribution in [0.3, 0.4) is 0 Å². The summed E-state index contributed by atoms with van der Waals surface area (Å²) in [6.45, 7) is 2.08. The average Bonchev–Trinajstić information content (AvgIpc) is 3.20. The van der Waals surface area contributed by atoms with Crippen LogP contribution in [0.1, 0.15) is 53.2 Å². The first-order chi connectivity index (χ1) is 9.70. The third kappa shape index (κ3) is 2.48. The number of aromatic nitrogens is 1. The van der Waals surface area contributed by atoms with Crippen molar-refractivity contribution in [2.24, 2.45) is 0 Å². The van der Waals surface area contributed by atoms with Gasteiger partial charge in [-0.25, -0.2) is 9.78 Å². The quantitative estimate of drug-likeness (QED) is 0.890. The first kappa shape index (κ1) is 13.3. The second-order valence-corrected chi connectivity index (χ2v) is 6.29. The molecule has 1 aromatic carbocycles. The fourth-order valence-electron chi connectivity index (χ4n) is 2.47. The van der Waals surface area contributed by atoms with Crippen molar-refractivity contribution >= 4 is 17.3 Å². The van der Waals surface area contributed by atoms with Gasteiger partial charge in [-0.15, -0.1) is 11.3 Å². The van der Waals surface area contributed by atoms with Crippen LogP contribution in [0.15, 0.2) is 24.3 Å². The highest BCUT2D eigenvalue weighted by Gasteiger charge is 2.28. The summed E-state index contributed by atoms with van der Waals surface area (Å²) < 4.78 is 0. The molecular weight excluding hydrogens is 270 g/mol. The third-order valence-corrected chi connectivity index (χ3v) is 4.71. The lowest BCUT2D eigenvalue weighted by Gasteiger charge is -2.06. The molecular formula is C16H17NO2S. The van der Waals surface area contributed by atoms with E-state index in [4.69, 9.17) is 0 Å². The van der Waals surface area contributed by atoms with E-state index in [1.807, 2.05) is 18.2 Å². The van der Waals surface area contributed by atoms with Crippen molar-refractivity contribution in [3.8, 4) is 10.4 Å². The van der Waals surface area contributed by atoms with Crippen LogP contribution < -0.4 is 0 Å². The van der Waals surface area contributed by atoms with Crippen molar-refractivity contribution in [3.63, 3.8) is 0 Å². The number of carboxylic acids is 1. The lowest BCUT2D eigenvalue weighted by Crippen LogP contribution is -2.00. The highest BCUT2D eigenvalue weighted by Crippen LogP contribution is 2.46. The van der Waals surface area contributed by atoms with Crippen LogP contribution in [-0.4, -0.2) is 16.1 Å². The van der Waals surface area contributed by atoms with Crippen molar-refractivity contribution in [2.45, 2.75) is 38.5 Å². The van der Waals surface area contributed by atoms with Crippen molar-refractivity contribution in [1.82, 2.24) is 4.98 Å². The van der Waals surface area contributed by atoms with Crippen molar-refractivity contribution in [2.75, 3.05) is 0 Å². The SMILES string of the molecule is CCCc1nc(C(=O)O)c(-c2ccccc2C2CC2)s1. The van der Waals surface area contributed by atoms with Crippen molar-refractivity contribution in [3.05, 3.63) is 40.5 Å². The Morgan fingerprint density at radius 3 is 2.80 bits per heavy atom. The van der Waals surface area contributed by atoms with Gasteiger partial charge < -0.3 is 5.11 Å². The molecule has 0 unspecified atom stereocenters. The van der Waals surface area contributed by atoms with Gasteiger partial charge in [-0.05, 0) is 42.7 Å². The molecule has 2 aromatic rings. The Kier molecular flexibility index (Phi) is 3.57. The predicted molar refractivity (Wildman–Crippen MR) is 80.5 cm³/mol. The number of aryl methyl sites for hydroxylation is 1. The number of thiazole rings is 1. The van der Waals surface area contributed by atoms with E-state index in [1.54, 1.807) is 0 Å². The summed E-state index contributed by atoms with van der Waals surface area (Å²) in [5.74, 6) is -0.325. The summed E-state index contributed by atoms with van der Waals surface area (Å²) in [6.07, 6.45) is 4.24. The third-order valence-electron chi connectivity index (χ3n) is 3.56. The molecule has 1 aliphatic rings. The molecule has 0 radical (unpaired) electrons. The van der Waals surface area contributed by atoms with Crippen LogP contribution in [0.2, 0.25) is 0 Å². The van der Waals surface area contributed by atoms with Gasteiger partial charge in [0, 0.05) is 0 Å². The second kappa shape index (κ2) is 5.37. The smallest absolute Gasteiger partial charge is 0.356 e. The molecule has 0 aliphatic heterocycles. The molecule has 3 nitrogen and oxygen atoms in total. The minimum atomic E-state index is -0.927. The van der Waals surface area contributed by atoms with Crippen LogP contribution in [-0.2, 0) is 6.42 Å². The molecule has 1 fully saturated rings. The summed E-state index contributed by atoms with van der Waals surface area (Å²) >= 11 is 1.53. The van der Waals surface area contributed by atoms with Crippen LogP contribution >= 0.6 is 11.3 Å². The van der Waals surface area contributed by atoms with E-state index in [-0.39, 0.29) is 5.69 Å². The zero-order chi connectivity index (χ0) is 14.1. The maximum Gasteiger partial charge on any atom is 0.356 e. The van der Waals surface area contributed by atoms with E-state index in [2.05, 4.69) is 18.0 Å². The maximum atomic E-state index is 11.5. The zero-order valence-corrected chi connectivity index (χ0v) is 12.2. The van der Waals surface area contributed by atoms with Crippen LogP contribution in [0.5, 0.6) is 0 Å². The van der Waals surface area contributed by atoms with Gasteiger partial charge in [0.1, 0.15) is 0 Å². The van der Waals surface area contributed by atoms with Gasteiger partial charge in [-0.3, -0.25) is 0 Å². The Bertz CT molecular complexity index is 644. The highest BCUT2D eigenvalue weighted by molar-refractivity contribution is 7.15. The van der Waals surface area contributed by atoms with Crippen molar-refractivity contribution < 1.29 is 9.90 Å². The van der Waals surface area contributed by atoms with Gasteiger partial charge >= 0.3 is 5.97 Å². The average molecular weight is 287 g/mol. The van der Waals surface area contributed by atoms with Gasteiger partial charge in [0.2, 0.25) is 0 Å². The Balaban J connectivity index is 2.11. The number of hydrogen-bond donors (Lipinski definition) is 1. The number of hydrogen-bond acceptors (Lipinski definition) is 3. The Morgan fingerprint density at radius 2 is 2.15 bits per heavy atom. The molecule has 0 spiro atoms. The summed E-state index contributed by atoms with van der Waals surface area (Å²) in [5, 5.41) is 10.3. The van der Waals surface area contributed by atoms with Crippen LogP contribution in [0.25, 0.3) is 10.4 Å². The van der Waals surface area contributed by atoms with Crippen molar-refractivity contribution in [1.29, 1.82) is 0 Å². The van der Waals surface area contributed by atoms with Gasteiger partial charge in [-0.1, -0.05) is 31.2 Å². The van der Waals surface area contributed by atoms with E-state index >= 15 is 0 Å². The maximum absolute atomic E-state index is 11.5. The number of nitrogens with zero attached hydrogens (tertiary/aromatic N) is 1. The Hall–Kier alpha value is -1.68. The molecule has 1 saturated carbocycles. The van der Waals surface area contributed by atoms with E-state index in [0.29, 0.717) is 5.92 Å². The topological polar surface area (TPSA) is 50.2 Å². The molecule has 0 atom stereocenters. The first-order valence-corrected chi connectivity index (χ1v) is 7.84. The van der Waals surface area contributed by atoms with E-state index < -0.39 is 5.97 Å². The molecule has 1 aromatic heterocycles. The molecule has 3 rings (SSSR count). The lowest BCUT2D eigenvalue weighted by molar-refractivity contribution is 0.0692. The lowest BCUT2D eigenvalue weighted by atomic mass is 10.0. The normalized spacial score (nSPS) is 14.4. The monoisotopic (exact) mass is 287 g/mol. The summed E-state index contributed by atoms with van der Waals surface area (Å²) in [4.78, 5) is 16.6. The Morgan fingerprint density at radius 1 is 1.40 bits per heavy atom. The number of carboxylic acid groups (broad SMARTS) is 1. The number of carbonyl (C=O) groups is 1. The molecule has 4 heteroatoms. The zero-order valence-electron chi connectivity index (χ0n) is 11.4. The summed E-state index contributed by atoms with van der Waals surface area (Å²) in [6, 6.07) is 8.17. The number of rotatable bonds is 5. The fraction of sp³-hybridized carbons (Fsp3) is 0.375. The molecule has 1 heterocycles. The molecule has 1 N–H and O–H groups in total. The molecule has 0 amide bonds. The molecule has 1 aliphatic carbocycles. The second-order valence-electron chi connectivity index (χ2n) is 5.20. The Labute approximate surface area is 122 Å². The van der Waals surface area contributed by atoms with Gasteiger partial charge in [0.25, 0.3) is 0 Å². The molecule has 20 heavy (non-hydrogen) atoms. The standard InChI is InChI=1S/C16H17NO2S/c1-2-5-13-17-14(16(18)19)15(20-13)12-7-4-3-6-11(12)10-8-9-10/h3-4,6-7,10H,2,5,8-9H2,1H3,(H,18,19). The minimum Gasteiger partial charge on any atom is -0.476 e. The predicted octanol–water partition coefficient (Wildman–Crippen LogP) is 4.34. The van der Waals surface area contributed by atoms with Gasteiger partial charge in [0.15, 0.2) is 5.69 Å². The number of aromatic carboxylic acids is 1. The van der Waals surface area contributed by atoms with E-state index in [1.165, 1.54) is 29.7 Å². The molecule has 104 valence electrons. The summed E-state index contributed by atoms with van der Waals surface area (Å²) in [5.41, 5.74) is 2.56. The van der Waals surface area contributed by atoms with Gasteiger partial charge in [-0.2, -0.15) is 0 Å². The first-order valence-electron chi connectivity index (χ1n) is 7.03. The van der Waals surface area contributed by atoms with Crippen LogP contribution in [0.4, 0.5) is 0 Å². The minimum absolute atomic E-state index is 0.214.